The standard InChI is InChI=1S/C16H25N3/c1-4-10-19(11-5-1)16-9-8-15(13-18-16)17-12-14-6-2-3-7-14/h8-9,13-14,17H,1-7,10-12H2. The number of hydrogen-bond donors (Lipinski definition) is 1. The molecule has 0 radical (unpaired) electrons. The average Bonchev–Trinajstić information content (AvgIpc) is 3.00. The maximum Gasteiger partial charge on any atom is 0.128 e. The number of nitrogens with one attached hydrogen (secondary N) is 1. The lowest BCUT2D eigenvalue weighted by Crippen LogP contribution is -2.30. The molecular weight excluding hydrogens is 234 g/mol. The van der Waals surface area contributed by atoms with E-state index in [1.807, 2.05) is 6.20 Å². The minimum atomic E-state index is 0.877. The van der Waals surface area contributed by atoms with Gasteiger partial charge < -0.3 is 10.2 Å². The monoisotopic (exact) mass is 259 g/mol. The maximum atomic E-state index is 4.61. The van der Waals surface area contributed by atoms with Crippen molar-refractivity contribution in [1.29, 1.82) is 0 Å². The number of anilines is 2. The molecular formula is C16H25N3. The van der Waals surface area contributed by atoms with Gasteiger partial charge in [0, 0.05) is 19.6 Å². The van der Waals surface area contributed by atoms with Crippen molar-refractivity contribution in [2.24, 2.45) is 5.92 Å². The van der Waals surface area contributed by atoms with E-state index < -0.39 is 0 Å². The Balaban J connectivity index is 1.52. The molecule has 2 aliphatic rings. The first-order valence-electron chi connectivity index (χ1n) is 7.87. The molecule has 1 N–H and O–H groups in total. The Morgan fingerprint density at radius 1 is 1.05 bits per heavy atom. The van der Waals surface area contributed by atoms with Crippen molar-refractivity contribution in [2.45, 2.75) is 44.9 Å². The van der Waals surface area contributed by atoms with Crippen LogP contribution >= 0.6 is 0 Å². The third-order valence-electron chi connectivity index (χ3n) is 4.50. The van der Waals surface area contributed by atoms with Crippen LogP contribution in [0, 0.1) is 5.92 Å². The topological polar surface area (TPSA) is 28.2 Å². The van der Waals surface area contributed by atoms with E-state index in [0.29, 0.717) is 0 Å². The van der Waals surface area contributed by atoms with Gasteiger partial charge in [-0.2, -0.15) is 0 Å². The predicted octanol–water partition coefficient (Wildman–Crippen LogP) is 3.67. The predicted molar refractivity (Wildman–Crippen MR) is 80.7 cm³/mol. The lowest BCUT2D eigenvalue weighted by Gasteiger charge is -2.27. The van der Waals surface area contributed by atoms with Crippen LogP contribution in [-0.4, -0.2) is 24.6 Å². The van der Waals surface area contributed by atoms with Crippen molar-refractivity contribution in [2.75, 3.05) is 29.9 Å². The summed E-state index contributed by atoms with van der Waals surface area (Å²) in [5.41, 5.74) is 1.17. The lowest BCUT2D eigenvalue weighted by atomic mass is 10.1. The molecule has 104 valence electrons. The second-order valence-electron chi connectivity index (χ2n) is 5.98. The Labute approximate surface area is 116 Å². The highest BCUT2D eigenvalue weighted by molar-refractivity contribution is 5.48. The van der Waals surface area contributed by atoms with Gasteiger partial charge in [-0.3, -0.25) is 0 Å². The highest BCUT2D eigenvalue weighted by Gasteiger charge is 2.15. The van der Waals surface area contributed by atoms with Crippen LogP contribution in [0.5, 0.6) is 0 Å². The minimum Gasteiger partial charge on any atom is -0.384 e. The van der Waals surface area contributed by atoms with Crippen molar-refractivity contribution in [1.82, 2.24) is 4.98 Å². The number of piperidine rings is 1. The van der Waals surface area contributed by atoms with Crippen LogP contribution in [-0.2, 0) is 0 Å². The van der Waals surface area contributed by atoms with Crippen LogP contribution in [0.4, 0.5) is 11.5 Å². The maximum absolute atomic E-state index is 4.61. The van der Waals surface area contributed by atoms with E-state index in [2.05, 4.69) is 27.3 Å². The van der Waals surface area contributed by atoms with Gasteiger partial charge in [0.15, 0.2) is 0 Å². The SMILES string of the molecule is c1cc(N2CCCCC2)ncc1NCC1CCCC1. The first-order valence-corrected chi connectivity index (χ1v) is 7.87. The molecule has 3 heteroatoms. The van der Waals surface area contributed by atoms with Gasteiger partial charge in [0.05, 0.1) is 11.9 Å². The largest absolute Gasteiger partial charge is 0.384 e. The van der Waals surface area contributed by atoms with E-state index in [1.54, 1.807) is 0 Å². The van der Waals surface area contributed by atoms with Gasteiger partial charge in [0.2, 0.25) is 0 Å². The zero-order valence-corrected chi connectivity index (χ0v) is 11.8. The van der Waals surface area contributed by atoms with Gasteiger partial charge in [-0.15, -0.1) is 0 Å². The summed E-state index contributed by atoms with van der Waals surface area (Å²) in [6.07, 6.45) is 11.6. The summed E-state index contributed by atoms with van der Waals surface area (Å²) in [7, 11) is 0. The highest BCUT2D eigenvalue weighted by atomic mass is 15.2. The molecule has 0 spiro atoms. The Kier molecular flexibility index (Phi) is 4.21. The number of aromatic nitrogens is 1. The smallest absolute Gasteiger partial charge is 0.128 e. The second kappa shape index (κ2) is 6.27. The molecule has 1 aliphatic carbocycles. The number of pyridine rings is 1. The molecule has 3 rings (SSSR count). The molecule has 0 aromatic carbocycles. The van der Waals surface area contributed by atoms with Crippen molar-refractivity contribution in [3.8, 4) is 0 Å². The van der Waals surface area contributed by atoms with Crippen molar-refractivity contribution >= 4 is 11.5 Å². The van der Waals surface area contributed by atoms with Crippen LogP contribution < -0.4 is 10.2 Å². The zero-order chi connectivity index (χ0) is 12.9. The first-order chi connectivity index (χ1) is 9.42. The zero-order valence-electron chi connectivity index (χ0n) is 11.8. The normalized spacial score (nSPS) is 20.7. The average molecular weight is 259 g/mol. The summed E-state index contributed by atoms with van der Waals surface area (Å²) in [6.45, 7) is 3.45. The van der Waals surface area contributed by atoms with Gasteiger partial charge in [0.25, 0.3) is 0 Å². The molecule has 2 fully saturated rings. The molecule has 1 saturated carbocycles. The molecule has 0 bridgehead atoms. The highest BCUT2D eigenvalue weighted by Crippen LogP contribution is 2.25. The third-order valence-corrected chi connectivity index (χ3v) is 4.50. The molecule has 0 atom stereocenters. The Bertz CT molecular complexity index is 375. The Hall–Kier alpha value is -1.25. The molecule has 0 unspecified atom stereocenters. The van der Waals surface area contributed by atoms with Crippen molar-refractivity contribution in [3.05, 3.63) is 18.3 Å². The van der Waals surface area contributed by atoms with Crippen LogP contribution in [0.1, 0.15) is 44.9 Å². The summed E-state index contributed by atoms with van der Waals surface area (Å²) in [6, 6.07) is 4.36. The fourth-order valence-electron chi connectivity index (χ4n) is 3.28. The van der Waals surface area contributed by atoms with Crippen molar-refractivity contribution in [3.63, 3.8) is 0 Å². The van der Waals surface area contributed by atoms with E-state index in [-0.39, 0.29) is 0 Å². The van der Waals surface area contributed by atoms with E-state index in [9.17, 15) is 0 Å². The molecule has 1 saturated heterocycles. The van der Waals surface area contributed by atoms with Gasteiger partial charge in [-0.1, -0.05) is 12.8 Å². The van der Waals surface area contributed by atoms with Crippen LogP contribution in [0.3, 0.4) is 0 Å². The molecule has 1 aromatic rings. The van der Waals surface area contributed by atoms with E-state index in [0.717, 1.165) is 18.3 Å². The van der Waals surface area contributed by atoms with Crippen LogP contribution in [0.25, 0.3) is 0 Å². The summed E-state index contributed by atoms with van der Waals surface area (Å²) in [5.74, 6) is 2.02. The lowest BCUT2D eigenvalue weighted by molar-refractivity contribution is 0.573. The van der Waals surface area contributed by atoms with Crippen molar-refractivity contribution < 1.29 is 0 Å². The second-order valence-corrected chi connectivity index (χ2v) is 5.98. The van der Waals surface area contributed by atoms with Crippen LogP contribution in [0.2, 0.25) is 0 Å². The van der Waals surface area contributed by atoms with Gasteiger partial charge in [0.1, 0.15) is 5.82 Å². The molecule has 3 nitrogen and oxygen atoms in total. The molecule has 1 aliphatic heterocycles. The first kappa shape index (κ1) is 12.8. The molecule has 19 heavy (non-hydrogen) atoms. The third kappa shape index (κ3) is 3.40. The van der Waals surface area contributed by atoms with E-state index in [4.69, 9.17) is 0 Å². The fourth-order valence-corrected chi connectivity index (χ4v) is 3.28. The number of rotatable bonds is 4. The van der Waals surface area contributed by atoms with Gasteiger partial charge >= 0.3 is 0 Å². The summed E-state index contributed by atoms with van der Waals surface area (Å²) in [5, 5.41) is 3.54. The molecule has 1 aromatic heterocycles. The molecule has 0 amide bonds. The van der Waals surface area contributed by atoms with E-state index in [1.165, 1.54) is 63.7 Å². The van der Waals surface area contributed by atoms with Gasteiger partial charge in [-0.05, 0) is 50.2 Å². The summed E-state index contributed by atoms with van der Waals surface area (Å²) in [4.78, 5) is 7.02. The number of nitrogens with zero attached hydrogens (tertiary/aromatic N) is 2. The Morgan fingerprint density at radius 3 is 2.53 bits per heavy atom. The minimum absolute atomic E-state index is 0.877. The van der Waals surface area contributed by atoms with Crippen LogP contribution in [0.15, 0.2) is 18.3 Å². The quantitative estimate of drug-likeness (QED) is 0.894. The fraction of sp³-hybridized carbons (Fsp3) is 0.688. The van der Waals surface area contributed by atoms with E-state index >= 15 is 0 Å². The number of hydrogen-bond acceptors (Lipinski definition) is 3. The summed E-state index contributed by atoms with van der Waals surface area (Å²) >= 11 is 0. The summed E-state index contributed by atoms with van der Waals surface area (Å²) < 4.78 is 0. The molecule has 2 heterocycles. The van der Waals surface area contributed by atoms with Gasteiger partial charge in [-0.25, -0.2) is 4.98 Å². The Morgan fingerprint density at radius 2 is 1.84 bits per heavy atom.